The Bertz CT molecular complexity index is 516. The number of nitrogens with one attached hydrogen (secondary N) is 1. The minimum absolute atomic E-state index is 0. The van der Waals surface area contributed by atoms with E-state index in [-0.39, 0.29) is 18.3 Å². The second-order valence-corrected chi connectivity index (χ2v) is 7.96. The molecule has 136 valence electrons. The molecule has 0 bridgehead atoms. The maximum atomic E-state index is 13.0. The van der Waals surface area contributed by atoms with Crippen LogP contribution in [-0.2, 0) is 11.2 Å². The first-order chi connectivity index (χ1) is 11.0. The van der Waals surface area contributed by atoms with Crippen molar-refractivity contribution in [1.82, 2.24) is 10.2 Å². The van der Waals surface area contributed by atoms with E-state index in [2.05, 4.69) is 58.2 Å². The van der Waals surface area contributed by atoms with Crippen molar-refractivity contribution in [2.75, 3.05) is 20.1 Å². The molecule has 1 heterocycles. The number of hydrogen-bond acceptors (Lipinski definition) is 2. The third kappa shape index (κ3) is 6.38. The lowest BCUT2D eigenvalue weighted by Gasteiger charge is -2.34. The van der Waals surface area contributed by atoms with Crippen LogP contribution in [0.2, 0.25) is 0 Å². The van der Waals surface area contributed by atoms with Crippen molar-refractivity contribution < 1.29 is 4.79 Å². The van der Waals surface area contributed by atoms with Gasteiger partial charge in [-0.1, -0.05) is 41.9 Å². The highest BCUT2D eigenvalue weighted by molar-refractivity contribution is 9.10. The van der Waals surface area contributed by atoms with Gasteiger partial charge < -0.3 is 10.2 Å². The van der Waals surface area contributed by atoms with Crippen LogP contribution >= 0.6 is 28.3 Å². The summed E-state index contributed by atoms with van der Waals surface area (Å²) in [7, 11) is 2.01. The number of carbonyl (C=O) groups excluding carboxylic acids is 1. The summed E-state index contributed by atoms with van der Waals surface area (Å²) in [6.45, 7) is 6.18. The van der Waals surface area contributed by atoms with Gasteiger partial charge >= 0.3 is 0 Å². The second-order valence-electron chi connectivity index (χ2n) is 7.05. The van der Waals surface area contributed by atoms with Crippen molar-refractivity contribution in [1.29, 1.82) is 0 Å². The predicted molar refractivity (Wildman–Crippen MR) is 107 cm³/mol. The zero-order chi connectivity index (χ0) is 16.8. The molecule has 0 aliphatic carbocycles. The van der Waals surface area contributed by atoms with Gasteiger partial charge in [-0.3, -0.25) is 4.79 Å². The van der Waals surface area contributed by atoms with E-state index in [9.17, 15) is 4.79 Å². The van der Waals surface area contributed by atoms with E-state index >= 15 is 0 Å². The lowest BCUT2D eigenvalue weighted by Crippen LogP contribution is -2.46. The Hall–Kier alpha value is -0.580. The van der Waals surface area contributed by atoms with Crippen LogP contribution in [-0.4, -0.2) is 37.0 Å². The van der Waals surface area contributed by atoms with Crippen LogP contribution in [0.1, 0.15) is 38.7 Å². The molecular weight excluding hydrogens is 388 g/mol. The molecule has 0 radical (unpaired) electrons. The van der Waals surface area contributed by atoms with Gasteiger partial charge in [0.15, 0.2) is 0 Å². The maximum absolute atomic E-state index is 13.0. The first-order valence-corrected chi connectivity index (χ1v) is 9.49. The van der Waals surface area contributed by atoms with Gasteiger partial charge in [-0.15, -0.1) is 12.4 Å². The molecule has 1 N–H and O–H groups in total. The lowest BCUT2D eigenvalue weighted by molar-refractivity contribution is -0.137. The molecule has 1 aliphatic heterocycles. The molecule has 24 heavy (non-hydrogen) atoms. The molecule has 3 nitrogen and oxygen atoms in total. The number of amides is 1. The summed E-state index contributed by atoms with van der Waals surface area (Å²) >= 11 is 3.53. The summed E-state index contributed by atoms with van der Waals surface area (Å²) in [6, 6.07) is 8.90. The average Bonchev–Trinajstić information content (AvgIpc) is 2.53. The lowest BCUT2D eigenvalue weighted by atomic mass is 9.89. The fraction of sp³-hybridized carbons (Fsp3) is 0.632. The highest BCUT2D eigenvalue weighted by Gasteiger charge is 2.28. The third-order valence-corrected chi connectivity index (χ3v) is 5.18. The maximum Gasteiger partial charge on any atom is 0.226 e. The van der Waals surface area contributed by atoms with Gasteiger partial charge in [0.1, 0.15) is 0 Å². The normalized spacial score (nSPS) is 16.8. The monoisotopic (exact) mass is 416 g/mol. The van der Waals surface area contributed by atoms with Crippen LogP contribution in [0.3, 0.4) is 0 Å². The van der Waals surface area contributed by atoms with Gasteiger partial charge in [0.05, 0.1) is 0 Å². The molecule has 1 amide bonds. The molecule has 0 spiro atoms. The Morgan fingerprint density at radius 2 is 2.00 bits per heavy atom. The van der Waals surface area contributed by atoms with Crippen molar-refractivity contribution in [3.8, 4) is 0 Å². The molecule has 1 fully saturated rings. The molecule has 1 aliphatic rings. The molecule has 0 aromatic heterocycles. The number of benzene rings is 1. The highest BCUT2D eigenvalue weighted by atomic mass is 79.9. The molecule has 1 aromatic carbocycles. The second kappa shape index (κ2) is 10.4. The van der Waals surface area contributed by atoms with E-state index < -0.39 is 0 Å². The summed E-state index contributed by atoms with van der Waals surface area (Å²) in [5, 5.41) is 3.33. The van der Waals surface area contributed by atoms with E-state index in [1.54, 1.807) is 0 Å². The molecular formula is C19H30BrClN2O. The van der Waals surface area contributed by atoms with Gasteiger partial charge in [-0.05, 0) is 56.3 Å². The molecule has 1 atom stereocenters. The van der Waals surface area contributed by atoms with Gasteiger partial charge in [0, 0.05) is 29.5 Å². The summed E-state index contributed by atoms with van der Waals surface area (Å²) in [5.41, 5.74) is 1.24. The Labute approximate surface area is 161 Å². The summed E-state index contributed by atoms with van der Waals surface area (Å²) in [6.07, 6.45) is 3.92. The largest absolute Gasteiger partial charge is 0.342 e. The number of piperidine rings is 1. The smallest absolute Gasteiger partial charge is 0.226 e. The first-order valence-electron chi connectivity index (χ1n) is 8.70. The van der Waals surface area contributed by atoms with Crippen LogP contribution in [0.25, 0.3) is 0 Å². The van der Waals surface area contributed by atoms with Crippen LogP contribution < -0.4 is 5.32 Å². The van der Waals surface area contributed by atoms with Crippen LogP contribution in [0, 0.1) is 11.8 Å². The summed E-state index contributed by atoms with van der Waals surface area (Å²) in [4.78, 5) is 15.1. The van der Waals surface area contributed by atoms with Crippen molar-refractivity contribution >= 4 is 34.2 Å². The van der Waals surface area contributed by atoms with E-state index in [0.717, 1.165) is 43.2 Å². The molecule has 1 unspecified atom stereocenters. The number of hydrogen-bond donors (Lipinski definition) is 1. The Balaban J connectivity index is 0.00000288. The van der Waals surface area contributed by atoms with Crippen molar-refractivity contribution in [2.24, 2.45) is 11.8 Å². The zero-order valence-electron chi connectivity index (χ0n) is 14.9. The van der Waals surface area contributed by atoms with E-state index in [0.29, 0.717) is 17.9 Å². The average molecular weight is 418 g/mol. The summed E-state index contributed by atoms with van der Waals surface area (Å²) in [5.74, 6) is 0.967. The number of likely N-dealkylation sites (tertiary alicyclic amines) is 1. The zero-order valence-corrected chi connectivity index (χ0v) is 17.3. The van der Waals surface area contributed by atoms with Gasteiger partial charge in [-0.2, -0.15) is 0 Å². The quantitative estimate of drug-likeness (QED) is 0.749. The van der Waals surface area contributed by atoms with Crippen LogP contribution in [0.5, 0.6) is 0 Å². The highest BCUT2D eigenvalue weighted by Crippen LogP contribution is 2.23. The molecule has 0 saturated carbocycles. The third-order valence-electron chi connectivity index (χ3n) is 4.69. The summed E-state index contributed by atoms with van der Waals surface area (Å²) < 4.78 is 1.08. The molecule has 2 rings (SSSR count). The van der Waals surface area contributed by atoms with Gasteiger partial charge in [-0.25, -0.2) is 0 Å². The van der Waals surface area contributed by atoms with Crippen molar-refractivity contribution in [3.05, 3.63) is 34.3 Å². The minimum atomic E-state index is 0. The molecule has 1 aromatic rings. The van der Waals surface area contributed by atoms with Crippen molar-refractivity contribution in [3.63, 3.8) is 0 Å². The topological polar surface area (TPSA) is 32.3 Å². The molecule has 1 saturated heterocycles. The fourth-order valence-electron chi connectivity index (χ4n) is 3.44. The number of rotatable bonds is 6. The van der Waals surface area contributed by atoms with E-state index in [1.807, 2.05) is 13.1 Å². The Morgan fingerprint density at radius 1 is 1.33 bits per heavy atom. The van der Waals surface area contributed by atoms with Gasteiger partial charge in [0.25, 0.3) is 0 Å². The number of halogens is 2. The van der Waals surface area contributed by atoms with E-state index in [4.69, 9.17) is 0 Å². The van der Waals surface area contributed by atoms with E-state index in [1.165, 1.54) is 5.56 Å². The van der Waals surface area contributed by atoms with Gasteiger partial charge in [0.2, 0.25) is 5.91 Å². The fourth-order valence-corrected chi connectivity index (χ4v) is 3.88. The molecule has 5 heteroatoms. The number of carbonyl (C=O) groups is 1. The minimum Gasteiger partial charge on any atom is -0.342 e. The van der Waals surface area contributed by atoms with Crippen molar-refractivity contribution in [2.45, 2.75) is 45.6 Å². The SMILES string of the molecule is CNC1CCN(C(=O)C(Cc2cccc(Br)c2)CC(C)C)CC1.Cl. The van der Waals surface area contributed by atoms with Crippen LogP contribution in [0.4, 0.5) is 0 Å². The Morgan fingerprint density at radius 3 is 2.54 bits per heavy atom. The Kier molecular flexibility index (Phi) is 9.32. The van der Waals surface area contributed by atoms with Crippen LogP contribution in [0.15, 0.2) is 28.7 Å². The predicted octanol–water partition coefficient (Wildman–Crippen LogP) is 4.29. The number of nitrogens with zero attached hydrogens (tertiary/aromatic N) is 1. The standard InChI is InChI=1S/C19H29BrN2O.ClH/c1-14(2)11-16(12-15-5-4-6-17(20)13-15)19(23)22-9-7-18(21-3)8-10-22;/h4-6,13-14,16,18,21H,7-12H2,1-3H3;1H. The first kappa shape index (κ1) is 21.5.